The van der Waals surface area contributed by atoms with E-state index in [9.17, 15) is 0 Å². The summed E-state index contributed by atoms with van der Waals surface area (Å²) >= 11 is 5.91. The minimum Gasteiger partial charge on any atom is -0.376 e. The van der Waals surface area contributed by atoms with E-state index >= 15 is 0 Å². The molecule has 0 bridgehead atoms. The lowest BCUT2D eigenvalue weighted by Crippen LogP contribution is -2.32. The van der Waals surface area contributed by atoms with Crippen molar-refractivity contribution < 1.29 is 4.74 Å². The average molecular weight is 319 g/mol. The lowest BCUT2D eigenvalue weighted by molar-refractivity contribution is 0.108. The van der Waals surface area contributed by atoms with Crippen LogP contribution in [0.15, 0.2) is 18.5 Å². The molecule has 0 unspecified atom stereocenters. The summed E-state index contributed by atoms with van der Waals surface area (Å²) in [6.45, 7) is 1.34. The maximum atomic E-state index is 9.02. The van der Waals surface area contributed by atoms with Gasteiger partial charge in [-0.1, -0.05) is 11.6 Å². The molecular weight excluding hydrogens is 304 g/mol. The summed E-state index contributed by atoms with van der Waals surface area (Å²) in [5.41, 5.74) is 0.227. The summed E-state index contributed by atoms with van der Waals surface area (Å²) in [4.78, 5) is 10.4. The molecule has 3 rings (SSSR count). The number of aromatic nitrogens is 4. The van der Waals surface area contributed by atoms with E-state index in [1.165, 1.54) is 6.33 Å². The number of anilines is 1. The second-order valence-corrected chi connectivity index (χ2v) is 5.57. The number of nitrogens with zero attached hydrogens (tertiary/aromatic N) is 5. The zero-order valence-electron chi connectivity index (χ0n) is 12.0. The first kappa shape index (κ1) is 14.8. The third-order valence-electron chi connectivity index (χ3n) is 3.78. The molecule has 8 heteroatoms. The lowest BCUT2D eigenvalue weighted by atomic mass is 10.0. The van der Waals surface area contributed by atoms with E-state index in [4.69, 9.17) is 21.6 Å². The van der Waals surface area contributed by atoms with Crippen molar-refractivity contribution in [2.75, 3.05) is 25.1 Å². The molecule has 1 fully saturated rings. The van der Waals surface area contributed by atoms with E-state index in [-0.39, 0.29) is 17.7 Å². The van der Waals surface area contributed by atoms with Crippen LogP contribution in [-0.4, -0.2) is 46.5 Å². The van der Waals surface area contributed by atoms with Crippen molar-refractivity contribution in [3.63, 3.8) is 0 Å². The maximum absolute atomic E-state index is 9.02. The Hall–Kier alpha value is -2.17. The van der Waals surface area contributed by atoms with Crippen molar-refractivity contribution >= 4 is 17.4 Å². The molecule has 1 aliphatic heterocycles. The molecular formula is C14H15ClN6O. The van der Waals surface area contributed by atoms with Crippen LogP contribution in [0.3, 0.4) is 0 Å². The van der Waals surface area contributed by atoms with Gasteiger partial charge in [-0.3, -0.25) is 5.10 Å². The monoisotopic (exact) mass is 318 g/mol. The van der Waals surface area contributed by atoms with E-state index in [0.717, 1.165) is 12.2 Å². The van der Waals surface area contributed by atoms with Crippen molar-refractivity contribution in [3.05, 3.63) is 35.0 Å². The Bertz CT molecular complexity index is 683. The van der Waals surface area contributed by atoms with Crippen LogP contribution >= 0.6 is 11.6 Å². The molecule has 2 aromatic heterocycles. The molecule has 0 spiro atoms. The van der Waals surface area contributed by atoms with Gasteiger partial charge in [0.05, 0.1) is 11.1 Å². The Morgan fingerprint density at radius 1 is 1.55 bits per heavy atom. The number of H-pyrrole nitrogens is 1. The fourth-order valence-electron chi connectivity index (χ4n) is 2.62. The van der Waals surface area contributed by atoms with Crippen LogP contribution in [-0.2, 0) is 4.74 Å². The van der Waals surface area contributed by atoms with E-state index in [1.807, 2.05) is 18.0 Å². The van der Waals surface area contributed by atoms with Crippen LogP contribution in [0.2, 0.25) is 5.02 Å². The maximum Gasteiger partial charge on any atom is 0.161 e. The number of ether oxygens (including phenoxy) is 1. The van der Waals surface area contributed by atoms with Gasteiger partial charge in [-0.05, 0) is 18.6 Å². The van der Waals surface area contributed by atoms with Crippen LogP contribution in [0.4, 0.5) is 5.82 Å². The van der Waals surface area contributed by atoms with Crippen molar-refractivity contribution in [1.82, 2.24) is 20.2 Å². The highest BCUT2D eigenvalue weighted by molar-refractivity contribution is 6.31. The lowest BCUT2D eigenvalue weighted by Gasteiger charge is -2.24. The van der Waals surface area contributed by atoms with Gasteiger partial charge in [0, 0.05) is 26.1 Å². The summed E-state index contributed by atoms with van der Waals surface area (Å²) in [5.74, 6) is 1.72. The molecule has 0 amide bonds. The first-order valence-corrected chi connectivity index (χ1v) is 7.31. The molecule has 114 valence electrons. The van der Waals surface area contributed by atoms with Gasteiger partial charge >= 0.3 is 0 Å². The minimum absolute atomic E-state index is 0.000892. The van der Waals surface area contributed by atoms with Gasteiger partial charge in [0.15, 0.2) is 5.69 Å². The van der Waals surface area contributed by atoms with Gasteiger partial charge in [-0.15, -0.1) is 0 Å². The molecule has 22 heavy (non-hydrogen) atoms. The molecule has 0 aromatic carbocycles. The smallest absolute Gasteiger partial charge is 0.161 e. The predicted molar refractivity (Wildman–Crippen MR) is 80.7 cm³/mol. The minimum atomic E-state index is 0.000892. The molecule has 3 heterocycles. The standard InChI is InChI=1S/C14H15ClN6O/c1-21(13-3-2-10(15)11(6-16)19-13)7-12-9(4-5-22-12)14-17-8-18-20-14/h2-3,8-9,12H,4-5,7H2,1H3,(H,17,18,20)/t9-,12-/m1/s1. The Morgan fingerprint density at radius 2 is 2.41 bits per heavy atom. The second kappa shape index (κ2) is 6.30. The molecule has 2 atom stereocenters. The third kappa shape index (κ3) is 2.89. The quantitative estimate of drug-likeness (QED) is 0.923. The molecule has 0 radical (unpaired) electrons. The Balaban J connectivity index is 1.74. The van der Waals surface area contributed by atoms with Crippen molar-refractivity contribution in [2.24, 2.45) is 0 Å². The highest BCUT2D eigenvalue weighted by Crippen LogP contribution is 2.30. The number of hydrogen-bond donors (Lipinski definition) is 1. The van der Waals surface area contributed by atoms with E-state index in [1.54, 1.807) is 12.1 Å². The highest BCUT2D eigenvalue weighted by atomic mass is 35.5. The number of hydrogen-bond acceptors (Lipinski definition) is 6. The third-order valence-corrected chi connectivity index (χ3v) is 4.08. The molecule has 1 N–H and O–H groups in total. The van der Waals surface area contributed by atoms with Crippen LogP contribution in [0.5, 0.6) is 0 Å². The number of likely N-dealkylation sites (N-methyl/N-ethyl adjacent to an activating group) is 1. The van der Waals surface area contributed by atoms with Crippen molar-refractivity contribution in [2.45, 2.75) is 18.4 Å². The van der Waals surface area contributed by atoms with Crippen LogP contribution in [0.25, 0.3) is 0 Å². The van der Waals surface area contributed by atoms with Crippen molar-refractivity contribution in [3.8, 4) is 6.07 Å². The van der Waals surface area contributed by atoms with Crippen LogP contribution in [0.1, 0.15) is 23.9 Å². The largest absolute Gasteiger partial charge is 0.376 e. The summed E-state index contributed by atoms with van der Waals surface area (Å²) in [6.07, 6.45) is 2.42. The van der Waals surface area contributed by atoms with Gasteiger partial charge in [0.2, 0.25) is 0 Å². The second-order valence-electron chi connectivity index (χ2n) is 5.17. The molecule has 0 saturated carbocycles. The Morgan fingerprint density at radius 3 is 3.14 bits per heavy atom. The SMILES string of the molecule is CN(C[C@H]1OCC[C@H]1c1ncn[nH]1)c1ccc(Cl)c(C#N)n1. The van der Waals surface area contributed by atoms with Crippen LogP contribution < -0.4 is 4.90 Å². The molecule has 1 aliphatic rings. The predicted octanol–water partition coefficient (Wildman–Crippen LogP) is 1.73. The van der Waals surface area contributed by atoms with Gasteiger partial charge in [-0.2, -0.15) is 10.4 Å². The number of nitriles is 1. The average Bonchev–Trinajstić information content (AvgIpc) is 3.18. The zero-order chi connectivity index (χ0) is 15.5. The number of halogens is 1. The fraction of sp³-hybridized carbons (Fsp3) is 0.429. The number of aromatic amines is 1. The molecule has 1 saturated heterocycles. The zero-order valence-corrected chi connectivity index (χ0v) is 12.8. The first-order chi connectivity index (χ1) is 10.7. The molecule has 2 aromatic rings. The Kier molecular flexibility index (Phi) is 4.22. The van der Waals surface area contributed by atoms with Crippen LogP contribution in [0, 0.1) is 11.3 Å². The number of pyridine rings is 1. The Labute approximate surface area is 132 Å². The summed E-state index contributed by atoms with van der Waals surface area (Å²) < 4.78 is 5.81. The summed E-state index contributed by atoms with van der Waals surface area (Å²) in [6, 6.07) is 5.47. The number of rotatable bonds is 4. The highest BCUT2D eigenvalue weighted by Gasteiger charge is 2.32. The number of nitrogens with one attached hydrogen (secondary N) is 1. The van der Waals surface area contributed by atoms with Gasteiger partial charge in [-0.25, -0.2) is 9.97 Å². The topological polar surface area (TPSA) is 90.7 Å². The summed E-state index contributed by atoms with van der Waals surface area (Å²) in [7, 11) is 1.91. The summed E-state index contributed by atoms with van der Waals surface area (Å²) in [5, 5.41) is 16.2. The fourth-order valence-corrected chi connectivity index (χ4v) is 2.77. The van der Waals surface area contributed by atoms with Gasteiger partial charge in [0.1, 0.15) is 24.0 Å². The van der Waals surface area contributed by atoms with E-state index in [0.29, 0.717) is 24.0 Å². The molecule has 7 nitrogen and oxygen atoms in total. The van der Waals surface area contributed by atoms with E-state index < -0.39 is 0 Å². The molecule has 0 aliphatic carbocycles. The van der Waals surface area contributed by atoms with Gasteiger partial charge < -0.3 is 9.64 Å². The van der Waals surface area contributed by atoms with Crippen molar-refractivity contribution in [1.29, 1.82) is 5.26 Å². The normalized spacial score (nSPS) is 20.8. The van der Waals surface area contributed by atoms with Gasteiger partial charge in [0.25, 0.3) is 0 Å². The first-order valence-electron chi connectivity index (χ1n) is 6.93. The van der Waals surface area contributed by atoms with E-state index in [2.05, 4.69) is 20.2 Å².